The number of benzene rings is 1. The first kappa shape index (κ1) is 14.1. The van der Waals surface area contributed by atoms with Crippen molar-refractivity contribution in [3.05, 3.63) is 35.4 Å². The van der Waals surface area contributed by atoms with Gasteiger partial charge in [-0.3, -0.25) is 9.89 Å². The summed E-state index contributed by atoms with van der Waals surface area (Å²) in [7, 11) is 0. The summed E-state index contributed by atoms with van der Waals surface area (Å²) < 4.78 is 4.73. The van der Waals surface area contributed by atoms with Gasteiger partial charge in [0.2, 0.25) is 0 Å². The summed E-state index contributed by atoms with van der Waals surface area (Å²) >= 11 is 6.09. The van der Waals surface area contributed by atoms with Crippen LogP contribution < -0.4 is 5.73 Å². The molecular formula is C13H13ClN4O2. The molecule has 0 radical (unpaired) electrons. The van der Waals surface area contributed by atoms with Crippen LogP contribution in [0.5, 0.6) is 0 Å². The summed E-state index contributed by atoms with van der Waals surface area (Å²) in [6, 6.07) is 9.08. The van der Waals surface area contributed by atoms with Crippen LogP contribution in [0.3, 0.4) is 0 Å². The number of nitrogens with two attached hydrogens (primary N) is 1. The predicted molar refractivity (Wildman–Crippen MR) is 76.9 cm³/mol. The Morgan fingerprint density at radius 3 is 2.95 bits per heavy atom. The number of rotatable bonds is 4. The molecule has 0 amide bonds. The number of aliphatic imine (C=N–C) groups is 1. The van der Waals surface area contributed by atoms with Crippen molar-refractivity contribution in [2.45, 2.75) is 6.92 Å². The molecule has 2 rings (SSSR count). The molecule has 0 unspecified atom stereocenters. The fraction of sp³-hybridized carbons (Fsp3) is 0.154. The lowest BCUT2D eigenvalue weighted by molar-refractivity contribution is -0.139. The number of carbonyl (C=O) groups excluding carboxylic acids is 1. The van der Waals surface area contributed by atoms with E-state index in [1.165, 1.54) is 6.92 Å². The topological polar surface area (TPSA) is 93.4 Å². The van der Waals surface area contributed by atoms with Crippen LogP contribution in [0.4, 0.5) is 5.82 Å². The fourth-order valence-electron chi connectivity index (χ4n) is 1.54. The van der Waals surface area contributed by atoms with E-state index in [0.717, 1.165) is 11.3 Å². The van der Waals surface area contributed by atoms with E-state index in [1.807, 2.05) is 18.2 Å². The Hall–Kier alpha value is -2.34. The quantitative estimate of drug-likeness (QED) is 0.513. The molecule has 104 valence electrons. The second kappa shape index (κ2) is 6.21. The van der Waals surface area contributed by atoms with E-state index in [2.05, 4.69) is 15.2 Å². The Labute approximate surface area is 120 Å². The highest BCUT2D eigenvalue weighted by molar-refractivity contribution is 6.33. The molecule has 2 aromatic rings. The van der Waals surface area contributed by atoms with Gasteiger partial charge in [-0.25, -0.2) is 4.99 Å². The van der Waals surface area contributed by atoms with Crippen molar-refractivity contribution in [3.8, 4) is 11.3 Å². The summed E-state index contributed by atoms with van der Waals surface area (Å²) in [5, 5.41) is 7.45. The van der Waals surface area contributed by atoms with Crippen LogP contribution in [0.2, 0.25) is 5.02 Å². The predicted octanol–water partition coefficient (Wildman–Crippen LogP) is 2.28. The smallest absolute Gasteiger partial charge is 0.303 e. The van der Waals surface area contributed by atoms with E-state index in [4.69, 9.17) is 22.1 Å². The number of aromatic nitrogens is 2. The molecular weight excluding hydrogens is 280 g/mol. The van der Waals surface area contributed by atoms with E-state index < -0.39 is 5.97 Å². The minimum absolute atomic E-state index is 0.0659. The molecule has 3 N–H and O–H groups in total. The third-order valence-corrected chi connectivity index (χ3v) is 2.74. The highest BCUT2D eigenvalue weighted by atomic mass is 35.5. The van der Waals surface area contributed by atoms with Crippen molar-refractivity contribution in [1.29, 1.82) is 0 Å². The van der Waals surface area contributed by atoms with Crippen molar-refractivity contribution in [2.24, 2.45) is 10.7 Å². The van der Waals surface area contributed by atoms with E-state index in [9.17, 15) is 4.79 Å². The molecule has 7 heteroatoms. The third-order valence-electron chi connectivity index (χ3n) is 2.41. The minimum Gasteiger partial charge on any atom is -0.458 e. The van der Waals surface area contributed by atoms with Gasteiger partial charge in [0.05, 0.1) is 5.69 Å². The lowest BCUT2D eigenvalue weighted by atomic mass is 10.1. The second-order valence-corrected chi connectivity index (χ2v) is 4.41. The molecule has 0 fully saturated rings. The Balaban J connectivity index is 2.15. The number of esters is 1. The zero-order valence-electron chi connectivity index (χ0n) is 10.8. The van der Waals surface area contributed by atoms with Crippen LogP contribution in [0.1, 0.15) is 6.92 Å². The van der Waals surface area contributed by atoms with Gasteiger partial charge in [0.25, 0.3) is 0 Å². The van der Waals surface area contributed by atoms with Gasteiger partial charge >= 0.3 is 5.97 Å². The normalized spacial score (nSPS) is 11.4. The second-order valence-electron chi connectivity index (χ2n) is 4.00. The lowest BCUT2D eigenvalue weighted by Crippen LogP contribution is -2.20. The van der Waals surface area contributed by atoms with Crippen LogP contribution in [0, 0.1) is 0 Å². The number of aromatic amines is 1. The molecule has 0 atom stereocenters. The zero-order chi connectivity index (χ0) is 14.5. The van der Waals surface area contributed by atoms with Gasteiger partial charge in [-0.15, -0.1) is 0 Å². The average molecular weight is 293 g/mol. The van der Waals surface area contributed by atoms with Crippen molar-refractivity contribution in [3.63, 3.8) is 0 Å². The Bertz CT molecular complexity index is 651. The Morgan fingerprint density at radius 2 is 2.25 bits per heavy atom. The van der Waals surface area contributed by atoms with E-state index in [1.54, 1.807) is 12.1 Å². The number of carbonyl (C=O) groups is 1. The van der Waals surface area contributed by atoms with Gasteiger partial charge in [0.15, 0.2) is 5.82 Å². The molecule has 0 saturated heterocycles. The molecule has 1 aromatic heterocycles. The first-order valence-corrected chi connectivity index (χ1v) is 6.21. The summed E-state index contributed by atoms with van der Waals surface area (Å²) in [6.45, 7) is 1.24. The lowest BCUT2D eigenvalue weighted by Gasteiger charge is -1.99. The number of nitrogens with zero attached hydrogens (tertiary/aromatic N) is 2. The summed E-state index contributed by atoms with van der Waals surface area (Å²) in [5.74, 6) is 0.143. The standard InChI is InChI=1S/C13H13ClN4O2/c1-8(19)20-7-12(15)16-13-6-11(17-18-13)9-4-2-3-5-10(9)14/h2-6H,7H2,1H3,(H3,15,16,17,18). The number of nitrogens with one attached hydrogen (secondary N) is 1. The molecule has 6 nitrogen and oxygen atoms in total. The highest BCUT2D eigenvalue weighted by Gasteiger charge is 2.07. The average Bonchev–Trinajstić information content (AvgIpc) is 2.85. The van der Waals surface area contributed by atoms with Crippen molar-refractivity contribution < 1.29 is 9.53 Å². The van der Waals surface area contributed by atoms with Gasteiger partial charge in [-0.2, -0.15) is 5.10 Å². The monoisotopic (exact) mass is 292 g/mol. The van der Waals surface area contributed by atoms with Crippen LogP contribution in [0.15, 0.2) is 35.3 Å². The summed E-state index contributed by atoms with van der Waals surface area (Å²) in [4.78, 5) is 14.7. The number of halogens is 1. The molecule has 20 heavy (non-hydrogen) atoms. The fourth-order valence-corrected chi connectivity index (χ4v) is 1.78. The first-order chi connectivity index (χ1) is 9.56. The highest BCUT2D eigenvalue weighted by Crippen LogP contribution is 2.27. The van der Waals surface area contributed by atoms with Crippen LogP contribution in [-0.4, -0.2) is 28.6 Å². The number of hydrogen-bond donors (Lipinski definition) is 2. The molecule has 1 aromatic carbocycles. The largest absolute Gasteiger partial charge is 0.458 e. The zero-order valence-corrected chi connectivity index (χ0v) is 11.5. The molecule has 0 aliphatic carbocycles. The summed E-state index contributed by atoms with van der Waals surface area (Å²) in [5.41, 5.74) is 7.18. The first-order valence-electron chi connectivity index (χ1n) is 5.83. The van der Waals surface area contributed by atoms with Crippen molar-refractivity contribution in [1.82, 2.24) is 10.2 Å². The van der Waals surface area contributed by atoms with Crippen molar-refractivity contribution >= 4 is 29.2 Å². The van der Waals surface area contributed by atoms with E-state index in [0.29, 0.717) is 10.8 Å². The van der Waals surface area contributed by atoms with Gasteiger partial charge in [0.1, 0.15) is 12.4 Å². The van der Waals surface area contributed by atoms with Gasteiger partial charge < -0.3 is 10.5 Å². The molecule has 0 bridgehead atoms. The maximum absolute atomic E-state index is 10.7. The molecule has 0 spiro atoms. The van der Waals surface area contributed by atoms with Gasteiger partial charge in [-0.05, 0) is 6.07 Å². The van der Waals surface area contributed by atoms with Crippen LogP contribution >= 0.6 is 11.6 Å². The van der Waals surface area contributed by atoms with Gasteiger partial charge in [-0.1, -0.05) is 29.8 Å². The maximum Gasteiger partial charge on any atom is 0.303 e. The summed E-state index contributed by atoms with van der Waals surface area (Å²) in [6.07, 6.45) is 0. The molecule has 1 heterocycles. The van der Waals surface area contributed by atoms with Crippen molar-refractivity contribution in [2.75, 3.05) is 6.61 Å². The minimum atomic E-state index is -0.415. The maximum atomic E-state index is 10.7. The third kappa shape index (κ3) is 3.58. The number of hydrogen-bond acceptors (Lipinski definition) is 4. The molecule has 0 aliphatic rings. The Morgan fingerprint density at radius 1 is 1.50 bits per heavy atom. The Kier molecular flexibility index (Phi) is 4.37. The van der Waals surface area contributed by atoms with E-state index in [-0.39, 0.29) is 12.4 Å². The van der Waals surface area contributed by atoms with E-state index >= 15 is 0 Å². The molecule has 0 saturated carbocycles. The SMILES string of the molecule is CC(=O)OCC(N)=Nc1cc(-c2ccccc2Cl)[nH]n1. The molecule has 0 aliphatic heterocycles. The number of H-pyrrole nitrogens is 1. The van der Waals surface area contributed by atoms with Crippen LogP contribution in [-0.2, 0) is 9.53 Å². The van der Waals surface area contributed by atoms with Gasteiger partial charge in [0, 0.05) is 23.6 Å². The number of ether oxygens (including phenoxy) is 1. The van der Waals surface area contributed by atoms with Crippen LogP contribution in [0.25, 0.3) is 11.3 Å². The number of amidine groups is 1.